The molecule has 34 heavy (non-hydrogen) atoms. The van der Waals surface area contributed by atoms with E-state index in [4.69, 9.17) is 4.42 Å². The molecule has 1 saturated carbocycles. The Kier molecular flexibility index (Phi) is 6.29. The van der Waals surface area contributed by atoms with E-state index in [-0.39, 0.29) is 17.6 Å². The molecular formula is C23H21N5O4S2. The maximum atomic E-state index is 13.4. The zero-order valence-electron chi connectivity index (χ0n) is 18.3. The molecule has 1 aliphatic carbocycles. The van der Waals surface area contributed by atoms with Crippen LogP contribution in [0, 0.1) is 17.0 Å². The zero-order chi connectivity index (χ0) is 23.7. The van der Waals surface area contributed by atoms with Gasteiger partial charge >= 0.3 is 0 Å². The van der Waals surface area contributed by atoms with Gasteiger partial charge in [0.2, 0.25) is 5.13 Å². The van der Waals surface area contributed by atoms with Crippen LogP contribution in [-0.2, 0) is 4.79 Å². The van der Waals surface area contributed by atoms with Crippen LogP contribution in [0.25, 0.3) is 17.4 Å². The lowest BCUT2D eigenvalue weighted by molar-refractivity contribution is -0.384. The average molecular weight is 496 g/mol. The van der Waals surface area contributed by atoms with E-state index in [0.29, 0.717) is 32.3 Å². The summed E-state index contributed by atoms with van der Waals surface area (Å²) in [5, 5.41) is 21.2. The van der Waals surface area contributed by atoms with Crippen molar-refractivity contribution in [2.24, 2.45) is 4.99 Å². The summed E-state index contributed by atoms with van der Waals surface area (Å²) in [4.78, 5) is 31.0. The van der Waals surface area contributed by atoms with Crippen LogP contribution >= 0.6 is 23.1 Å². The first-order chi connectivity index (χ1) is 16.5. The summed E-state index contributed by atoms with van der Waals surface area (Å²) < 4.78 is 5.91. The summed E-state index contributed by atoms with van der Waals surface area (Å²) in [5.74, 6) is 0.896. The molecule has 0 spiro atoms. The molecule has 1 amide bonds. The molecule has 0 atom stereocenters. The summed E-state index contributed by atoms with van der Waals surface area (Å²) in [7, 11) is 0. The number of carbonyl (C=O) groups is 1. The normalized spacial score (nSPS) is 19.4. The van der Waals surface area contributed by atoms with E-state index >= 15 is 0 Å². The minimum Gasteiger partial charge on any atom is -0.457 e. The van der Waals surface area contributed by atoms with Crippen molar-refractivity contribution in [1.29, 1.82) is 0 Å². The van der Waals surface area contributed by atoms with E-state index in [1.54, 1.807) is 35.2 Å². The predicted octanol–water partition coefficient (Wildman–Crippen LogP) is 5.95. The van der Waals surface area contributed by atoms with Crippen molar-refractivity contribution < 1.29 is 14.1 Å². The van der Waals surface area contributed by atoms with E-state index in [0.717, 1.165) is 30.7 Å². The highest BCUT2D eigenvalue weighted by Gasteiger charge is 2.39. The molecule has 3 heterocycles. The van der Waals surface area contributed by atoms with Crippen LogP contribution in [0.5, 0.6) is 0 Å². The second-order valence-corrected chi connectivity index (χ2v) is 10.3. The van der Waals surface area contributed by atoms with Gasteiger partial charge in [-0.1, -0.05) is 42.7 Å². The van der Waals surface area contributed by atoms with Crippen molar-refractivity contribution in [3.05, 3.63) is 62.2 Å². The summed E-state index contributed by atoms with van der Waals surface area (Å²) in [6, 6.07) is 9.87. The summed E-state index contributed by atoms with van der Waals surface area (Å²) >= 11 is 2.69. The van der Waals surface area contributed by atoms with Gasteiger partial charge in [-0.25, -0.2) is 0 Å². The fourth-order valence-corrected chi connectivity index (χ4v) is 5.76. The van der Waals surface area contributed by atoms with E-state index in [1.165, 1.54) is 41.7 Å². The van der Waals surface area contributed by atoms with Crippen molar-refractivity contribution in [2.75, 3.05) is 0 Å². The van der Waals surface area contributed by atoms with Gasteiger partial charge in [-0.05, 0) is 43.7 Å². The molecule has 0 radical (unpaired) electrons. The summed E-state index contributed by atoms with van der Waals surface area (Å²) in [5.41, 5.74) is 0.591. The lowest BCUT2D eigenvalue weighted by Gasteiger charge is -2.30. The number of amides is 1. The molecule has 11 heteroatoms. The second kappa shape index (κ2) is 9.51. The predicted molar refractivity (Wildman–Crippen MR) is 132 cm³/mol. The number of aromatic nitrogens is 2. The molecule has 1 aromatic carbocycles. The SMILES string of the molecule is Cc1nnc(/N=C2/S/C(=C/c3ccc(-c4cccc([N+](=O)[O-])c4)o3)C(=O)N2C2CCCCC2)s1. The molecule has 2 aromatic heterocycles. The quantitative estimate of drug-likeness (QED) is 0.244. The van der Waals surface area contributed by atoms with Gasteiger partial charge < -0.3 is 4.42 Å². The van der Waals surface area contributed by atoms with Crippen LogP contribution in [0.15, 0.2) is 50.7 Å². The van der Waals surface area contributed by atoms with Gasteiger partial charge in [0, 0.05) is 29.8 Å². The van der Waals surface area contributed by atoms with Gasteiger partial charge in [0.1, 0.15) is 16.5 Å². The molecule has 5 rings (SSSR count). The van der Waals surface area contributed by atoms with Crippen molar-refractivity contribution in [1.82, 2.24) is 15.1 Å². The number of amidine groups is 1. The van der Waals surface area contributed by atoms with Crippen LogP contribution in [0.1, 0.15) is 42.9 Å². The Hall–Kier alpha value is -3.31. The van der Waals surface area contributed by atoms with Crippen LogP contribution < -0.4 is 0 Å². The Morgan fingerprint density at radius 2 is 2.03 bits per heavy atom. The Bertz CT molecular complexity index is 1310. The number of aliphatic imine (C=N–C) groups is 1. The Labute approximate surface area is 203 Å². The van der Waals surface area contributed by atoms with Crippen molar-refractivity contribution in [3.8, 4) is 11.3 Å². The lowest BCUT2D eigenvalue weighted by Crippen LogP contribution is -2.40. The number of benzene rings is 1. The summed E-state index contributed by atoms with van der Waals surface area (Å²) in [6.07, 6.45) is 6.97. The minimum absolute atomic E-state index is 0.00813. The number of hydrogen-bond acceptors (Lipinski definition) is 9. The highest BCUT2D eigenvalue weighted by molar-refractivity contribution is 8.18. The standard InChI is InChI=1S/C23H21N5O4S2/c1-14-25-26-22(33-14)24-23-27(16-7-3-2-4-8-16)21(29)20(34-23)13-18-10-11-19(32-18)15-6-5-9-17(12-15)28(30)31/h5-6,9-13,16H,2-4,7-8H2,1H3/b20-13+,24-23+. The first kappa shape index (κ1) is 22.5. The fraction of sp³-hybridized carbons (Fsp3) is 0.304. The van der Waals surface area contributed by atoms with E-state index in [1.807, 2.05) is 6.92 Å². The van der Waals surface area contributed by atoms with E-state index in [2.05, 4.69) is 15.2 Å². The molecule has 9 nitrogen and oxygen atoms in total. The topological polar surface area (TPSA) is 115 Å². The molecule has 0 unspecified atom stereocenters. The van der Waals surface area contributed by atoms with Crippen molar-refractivity contribution in [2.45, 2.75) is 45.1 Å². The van der Waals surface area contributed by atoms with E-state index < -0.39 is 4.92 Å². The number of aryl methyl sites for hydroxylation is 1. The maximum Gasteiger partial charge on any atom is 0.270 e. The number of furan rings is 1. The van der Waals surface area contributed by atoms with Gasteiger partial charge in [-0.2, -0.15) is 4.99 Å². The van der Waals surface area contributed by atoms with Gasteiger partial charge in [-0.3, -0.25) is 19.8 Å². The minimum atomic E-state index is -0.441. The average Bonchev–Trinajstić information content (AvgIpc) is 3.55. The molecule has 174 valence electrons. The van der Waals surface area contributed by atoms with Gasteiger partial charge in [-0.15, -0.1) is 10.2 Å². The first-order valence-electron chi connectivity index (χ1n) is 10.9. The number of thioether (sulfide) groups is 1. The third kappa shape index (κ3) is 4.66. The molecular weight excluding hydrogens is 474 g/mol. The highest BCUT2D eigenvalue weighted by atomic mass is 32.2. The summed E-state index contributed by atoms with van der Waals surface area (Å²) in [6.45, 7) is 1.87. The van der Waals surface area contributed by atoms with E-state index in [9.17, 15) is 14.9 Å². The zero-order valence-corrected chi connectivity index (χ0v) is 20.0. The fourth-order valence-electron chi connectivity index (χ4n) is 4.13. The third-order valence-corrected chi connectivity index (χ3v) is 7.44. The second-order valence-electron chi connectivity index (χ2n) is 8.09. The van der Waals surface area contributed by atoms with Gasteiger partial charge in [0.15, 0.2) is 5.17 Å². The van der Waals surface area contributed by atoms with Crippen molar-refractivity contribution >= 4 is 51.1 Å². The number of nitro groups is 1. The Morgan fingerprint density at radius 3 is 2.76 bits per heavy atom. The number of nitrogens with zero attached hydrogens (tertiary/aromatic N) is 5. The first-order valence-corrected chi connectivity index (χ1v) is 12.6. The molecule has 3 aromatic rings. The molecule has 0 bridgehead atoms. The Balaban J connectivity index is 1.45. The lowest BCUT2D eigenvalue weighted by atomic mass is 9.94. The van der Waals surface area contributed by atoms with Crippen LogP contribution in [0.4, 0.5) is 10.8 Å². The van der Waals surface area contributed by atoms with Crippen LogP contribution in [-0.4, -0.2) is 37.1 Å². The van der Waals surface area contributed by atoms with Crippen LogP contribution in [0.3, 0.4) is 0 Å². The number of non-ortho nitro benzene ring substituents is 1. The number of nitro benzene ring substituents is 1. The smallest absolute Gasteiger partial charge is 0.270 e. The van der Waals surface area contributed by atoms with Gasteiger partial charge in [0.05, 0.1) is 9.83 Å². The van der Waals surface area contributed by atoms with Crippen LogP contribution in [0.2, 0.25) is 0 Å². The number of carbonyl (C=O) groups excluding carboxylic acids is 1. The molecule has 1 aliphatic heterocycles. The number of rotatable bonds is 5. The maximum absolute atomic E-state index is 13.4. The van der Waals surface area contributed by atoms with Crippen molar-refractivity contribution in [3.63, 3.8) is 0 Å². The highest BCUT2D eigenvalue weighted by Crippen LogP contribution is 2.39. The molecule has 1 saturated heterocycles. The largest absolute Gasteiger partial charge is 0.457 e. The monoisotopic (exact) mass is 495 g/mol. The molecule has 2 fully saturated rings. The van der Waals surface area contributed by atoms with Gasteiger partial charge in [0.25, 0.3) is 11.6 Å². The molecule has 2 aliphatic rings. The third-order valence-electron chi connectivity index (χ3n) is 5.73. The Morgan fingerprint density at radius 1 is 1.21 bits per heavy atom. The molecule has 0 N–H and O–H groups in total. The number of hydrogen-bond donors (Lipinski definition) is 0.